The second kappa shape index (κ2) is 9.13. The van der Waals surface area contributed by atoms with Gasteiger partial charge in [-0.05, 0) is 55.2 Å². The first-order chi connectivity index (χ1) is 14.6. The molecule has 2 aliphatic rings. The molecule has 0 radical (unpaired) electrons. The van der Waals surface area contributed by atoms with Crippen LogP contribution in [0.4, 0.5) is 20.6 Å². The Kier molecular flexibility index (Phi) is 6.13. The van der Waals surface area contributed by atoms with Crippen LogP contribution in [0.15, 0.2) is 36.4 Å². The molecule has 8 heteroatoms. The van der Waals surface area contributed by atoms with Gasteiger partial charge in [-0.15, -0.1) is 0 Å². The first-order valence-electron chi connectivity index (χ1n) is 10.1. The molecule has 2 heterocycles. The summed E-state index contributed by atoms with van der Waals surface area (Å²) in [5.74, 6) is 0.379. The number of piperidine rings is 1. The van der Waals surface area contributed by atoms with Gasteiger partial charge in [-0.25, -0.2) is 9.18 Å². The smallest absolute Gasteiger partial charge is 0.319 e. The summed E-state index contributed by atoms with van der Waals surface area (Å²) in [4.78, 5) is 26.1. The summed E-state index contributed by atoms with van der Waals surface area (Å²) in [7, 11) is 0. The molecule has 0 saturated carbocycles. The first-order valence-corrected chi connectivity index (χ1v) is 10.1. The van der Waals surface area contributed by atoms with E-state index in [1.165, 1.54) is 12.1 Å². The Balaban J connectivity index is 1.33. The minimum Gasteiger partial charge on any atom is -0.467 e. The summed E-state index contributed by atoms with van der Waals surface area (Å²) in [6.07, 6.45) is 2.87. The zero-order valence-corrected chi connectivity index (χ0v) is 16.6. The van der Waals surface area contributed by atoms with Crippen LogP contribution in [0.5, 0.6) is 5.75 Å². The third-order valence-electron chi connectivity index (χ3n) is 5.17. The number of nitrogens with one attached hydrogen (secondary N) is 2. The molecule has 3 amide bonds. The van der Waals surface area contributed by atoms with Gasteiger partial charge in [-0.2, -0.15) is 0 Å². The number of rotatable bonds is 5. The van der Waals surface area contributed by atoms with Gasteiger partial charge in [0.15, 0.2) is 6.79 Å². The standard InChI is InChI=1S/C22H24FN3O4/c23-17-10-15(21-16(11-17)13-29-14-30-21)7-8-24-22(28)25-18-4-3-5-19(12-18)26-9-2-1-6-20(26)27/h3-5,10-12H,1-2,6-9,13-14H2,(H2,24,25,28). The second-order valence-electron chi connectivity index (χ2n) is 7.35. The number of nitrogens with zero attached hydrogens (tertiary/aromatic N) is 1. The Labute approximate surface area is 174 Å². The van der Waals surface area contributed by atoms with E-state index in [-0.39, 0.29) is 24.5 Å². The maximum Gasteiger partial charge on any atom is 0.319 e. The van der Waals surface area contributed by atoms with Crippen molar-refractivity contribution in [2.24, 2.45) is 0 Å². The Morgan fingerprint density at radius 3 is 2.97 bits per heavy atom. The number of halogens is 1. The first kappa shape index (κ1) is 20.2. The lowest BCUT2D eigenvalue weighted by atomic mass is 10.1. The van der Waals surface area contributed by atoms with Crippen LogP contribution in [-0.4, -0.2) is 31.8 Å². The molecule has 0 aliphatic carbocycles. The Morgan fingerprint density at radius 2 is 2.10 bits per heavy atom. The van der Waals surface area contributed by atoms with Gasteiger partial charge in [0, 0.05) is 36.4 Å². The van der Waals surface area contributed by atoms with Gasteiger partial charge in [0.1, 0.15) is 11.6 Å². The van der Waals surface area contributed by atoms with Crippen molar-refractivity contribution in [2.45, 2.75) is 32.3 Å². The molecule has 0 atom stereocenters. The van der Waals surface area contributed by atoms with Crippen LogP contribution in [0.25, 0.3) is 0 Å². The van der Waals surface area contributed by atoms with E-state index in [0.29, 0.717) is 55.1 Å². The van der Waals surface area contributed by atoms with Crippen LogP contribution in [0.2, 0.25) is 0 Å². The molecular weight excluding hydrogens is 389 g/mol. The van der Waals surface area contributed by atoms with Crippen molar-refractivity contribution in [3.05, 3.63) is 53.3 Å². The molecule has 0 spiro atoms. The molecule has 0 aromatic heterocycles. The largest absolute Gasteiger partial charge is 0.467 e. The molecule has 1 saturated heterocycles. The topological polar surface area (TPSA) is 79.9 Å². The Bertz CT molecular complexity index is 950. The molecule has 1 fully saturated rings. The van der Waals surface area contributed by atoms with Crippen molar-refractivity contribution in [1.82, 2.24) is 5.32 Å². The summed E-state index contributed by atoms with van der Waals surface area (Å²) < 4.78 is 24.5. The van der Waals surface area contributed by atoms with E-state index in [2.05, 4.69) is 10.6 Å². The summed E-state index contributed by atoms with van der Waals surface area (Å²) >= 11 is 0. The van der Waals surface area contributed by atoms with E-state index in [9.17, 15) is 14.0 Å². The average molecular weight is 413 g/mol. The maximum absolute atomic E-state index is 13.8. The number of urea groups is 1. The van der Waals surface area contributed by atoms with Gasteiger partial charge in [0.25, 0.3) is 0 Å². The molecule has 30 heavy (non-hydrogen) atoms. The predicted octanol–water partition coefficient (Wildman–Crippen LogP) is 3.57. The molecule has 2 aromatic rings. The van der Waals surface area contributed by atoms with Crippen molar-refractivity contribution < 1.29 is 23.5 Å². The summed E-state index contributed by atoms with van der Waals surface area (Å²) in [5, 5.41) is 5.56. The Morgan fingerprint density at radius 1 is 1.20 bits per heavy atom. The summed E-state index contributed by atoms with van der Waals surface area (Å²) in [5.41, 5.74) is 2.75. The van der Waals surface area contributed by atoms with Gasteiger partial charge < -0.3 is 25.0 Å². The van der Waals surface area contributed by atoms with Gasteiger partial charge in [0.05, 0.1) is 6.61 Å². The maximum atomic E-state index is 13.8. The normalized spacial score (nSPS) is 15.9. The number of amides is 3. The quantitative estimate of drug-likeness (QED) is 0.785. The summed E-state index contributed by atoms with van der Waals surface area (Å²) in [6, 6.07) is 9.69. The van der Waals surface area contributed by atoms with E-state index in [0.717, 1.165) is 18.5 Å². The average Bonchev–Trinajstić information content (AvgIpc) is 2.74. The monoisotopic (exact) mass is 413 g/mol. The number of carbonyl (C=O) groups is 2. The number of fused-ring (bicyclic) bond motifs is 1. The molecule has 4 rings (SSSR count). The third kappa shape index (κ3) is 4.71. The predicted molar refractivity (Wildman–Crippen MR) is 110 cm³/mol. The number of anilines is 2. The fourth-order valence-electron chi connectivity index (χ4n) is 3.76. The van der Waals surface area contributed by atoms with Gasteiger partial charge in [-0.1, -0.05) is 6.07 Å². The Hall–Kier alpha value is -3.13. The molecule has 2 aliphatic heterocycles. The highest BCUT2D eigenvalue weighted by Gasteiger charge is 2.20. The molecule has 7 nitrogen and oxygen atoms in total. The highest BCUT2D eigenvalue weighted by atomic mass is 19.1. The van der Waals surface area contributed by atoms with Crippen molar-refractivity contribution in [3.63, 3.8) is 0 Å². The lowest BCUT2D eigenvalue weighted by molar-refractivity contribution is -0.119. The zero-order valence-electron chi connectivity index (χ0n) is 16.6. The van der Waals surface area contributed by atoms with E-state index in [1.54, 1.807) is 17.0 Å². The molecule has 158 valence electrons. The molecular formula is C22H24FN3O4. The highest BCUT2D eigenvalue weighted by Crippen LogP contribution is 2.29. The van der Waals surface area contributed by atoms with E-state index in [4.69, 9.17) is 9.47 Å². The van der Waals surface area contributed by atoms with Crippen LogP contribution >= 0.6 is 0 Å². The fourth-order valence-corrected chi connectivity index (χ4v) is 3.76. The third-order valence-corrected chi connectivity index (χ3v) is 5.17. The van der Waals surface area contributed by atoms with E-state index >= 15 is 0 Å². The minimum atomic E-state index is -0.369. The van der Waals surface area contributed by atoms with Crippen LogP contribution in [0.1, 0.15) is 30.4 Å². The fraction of sp³-hybridized carbons (Fsp3) is 0.364. The van der Waals surface area contributed by atoms with Gasteiger partial charge >= 0.3 is 6.03 Å². The second-order valence-corrected chi connectivity index (χ2v) is 7.35. The number of hydrogen-bond acceptors (Lipinski definition) is 4. The van der Waals surface area contributed by atoms with Crippen LogP contribution in [-0.2, 0) is 22.6 Å². The van der Waals surface area contributed by atoms with Crippen LogP contribution in [0.3, 0.4) is 0 Å². The van der Waals surface area contributed by atoms with E-state index in [1.807, 2.05) is 12.1 Å². The van der Waals surface area contributed by atoms with Crippen molar-refractivity contribution in [3.8, 4) is 5.75 Å². The van der Waals surface area contributed by atoms with E-state index < -0.39 is 0 Å². The minimum absolute atomic E-state index is 0.105. The zero-order chi connectivity index (χ0) is 20.9. The van der Waals surface area contributed by atoms with Crippen LogP contribution < -0.4 is 20.3 Å². The van der Waals surface area contributed by atoms with Gasteiger partial charge in [-0.3, -0.25) is 4.79 Å². The molecule has 2 N–H and O–H groups in total. The van der Waals surface area contributed by atoms with Crippen molar-refractivity contribution in [2.75, 3.05) is 30.1 Å². The highest BCUT2D eigenvalue weighted by molar-refractivity contribution is 5.95. The van der Waals surface area contributed by atoms with Crippen molar-refractivity contribution in [1.29, 1.82) is 0 Å². The number of ether oxygens (including phenoxy) is 2. The molecule has 0 bridgehead atoms. The lowest BCUT2D eigenvalue weighted by Crippen LogP contribution is -2.35. The summed E-state index contributed by atoms with van der Waals surface area (Å²) in [6.45, 7) is 1.45. The molecule has 0 unspecified atom stereocenters. The number of carbonyl (C=O) groups excluding carboxylic acids is 2. The van der Waals surface area contributed by atoms with Gasteiger partial charge in [0.2, 0.25) is 5.91 Å². The molecule has 2 aromatic carbocycles. The van der Waals surface area contributed by atoms with Crippen LogP contribution in [0, 0.1) is 5.82 Å². The number of hydrogen-bond donors (Lipinski definition) is 2. The lowest BCUT2D eigenvalue weighted by Gasteiger charge is -2.27. The van der Waals surface area contributed by atoms with Crippen molar-refractivity contribution >= 4 is 23.3 Å². The SMILES string of the molecule is O=C(NCCc1cc(F)cc2c1OCOC2)Nc1cccc(N2CCCCC2=O)c1. The number of benzene rings is 2.